The minimum Gasteiger partial charge on any atom is -0.468 e. The van der Waals surface area contributed by atoms with Crippen LogP contribution in [-0.4, -0.2) is 35.4 Å². The van der Waals surface area contributed by atoms with Crippen LogP contribution in [0.15, 0.2) is 47.5 Å². The molecule has 3 amide bonds. The summed E-state index contributed by atoms with van der Waals surface area (Å²) < 4.78 is 7.33. The van der Waals surface area contributed by atoms with E-state index in [4.69, 9.17) is 4.74 Å². The molecule has 31 heavy (non-hydrogen) atoms. The fourth-order valence-electron chi connectivity index (χ4n) is 3.38. The zero-order valence-corrected chi connectivity index (χ0v) is 17.8. The van der Waals surface area contributed by atoms with E-state index < -0.39 is 11.9 Å². The molecule has 1 aromatic heterocycles. The molecule has 0 radical (unpaired) electrons. The Hall–Kier alpha value is -3.59. The molecule has 158 valence electrons. The Labute approximate surface area is 181 Å². The Morgan fingerprint density at radius 1 is 1.06 bits per heavy atom. The highest BCUT2D eigenvalue weighted by molar-refractivity contribution is 7.16. The highest BCUT2D eigenvalue weighted by Crippen LogP contribution is 2.23. The summed E-state index contributed by atoms with van der Waals surface area (Å²) in [4.78, 5) is 54.2. The van der Waals surface area contributed by atoms with E-state index in [-0.39, 0.29) is 31.2 Å². The minimum absolute atomic E-state index is 0.0657. The first-order valence-electron chi connectivity index (χ1n) is 9.59. The number of methoxy groups -OCH3 is 1. The Morgan fingerprint density at radius 2 is 1.74 bits per heavy atom. The predicted molar refractivity (Wildman–Crippen MR) is 115 cm³/mol. The average Bonchev–Trinajstić information content (AvgIpc) is 3.26. The largest absolute Gasteiger partial charge is 0.468 e. The van der Waals surface area contributed by atoms with Gasteiger partial charge in [-0.2, -0.15) is 4.99 Å². The number of rotatable bonds is 4. The van der Waals surface area contributed by atoms with Crippen LogP contribution in [-0.2, 0) is 25.7 Å². The summed E-state index contributed by atoms with van der Waals surface area (Å²) in [5.74, 6) is -1.44. The van der Waals surface area contributed by atoms with Gasteiger partial charge in [0.15, 0.2) is 4.80 Å². The van der Waals surface area contributed by atoms with E-state index >= 15 is 0 Å². The van der Waals surface area contributed by atoms with Gasteiger partial charge in [-0.3, -0.25) is 24.1 Å². The van der Waals surface area contributed by atoms with Crippen LogP contribution in [0.5, 0.6) is 0 Å². The number of imide groups is 1. The number of carbonyl (C=O) groups excluding carboxylic acids is 4. The monoisotopic (exact) mass is 437 g/mol. The van der Waals surface area contributed by atoms with Crippen molar-refractivity contribution in [1.82, 2.24) is 4.57 Å². The van der Waals surface area contributed by atoms with Crippen molar-refractivity contribution in [3.63, 3.8) is 0 Å². The van der Waals surface area contributed by atoms with Crippen molar-refractivity contribution in [2.24, 2.45) is 4.99 Å². The zero-order valence-electron chi connectivity index (χ0n) is 17.0. The first-order chi connectivity index (χ1) is 14.9. The minimum atomic E-state index is -0.493. The molecule has 0 bridgehead atoms. The molecule has 2 aromatic carbocycles. The molecule has 0 saturated carbocycles. The Bertz CT molecular complexity index is 1270. The highest BCUT2D eigenvalue weighted by atomic mass is 32.1. The van der Waals surface area contributed by atoms with E-state index in [1.54, 1.807) is 16.7 Å². The maximum absolute atomic E-state index is 12.8. The standard InChI is InChI=1S/C22H19N3O5S/c1-13-3-8-16-17(11-13)31-22(24(16)12-20(28)30-2)23-21(29)14-4-6-15(7-5-14)25-18(26)9-10-19(25)27/h3-8,11H,9-10,12H2,1-2H3. The number of fused-ring (bicyclic) bond motifs is 1. The van der Waals surface area contributed by atoms with Gasteiger partial charge >= 0.3 is 5.97 Å². The van der Waals surface area contributed by atoms with Crippen molar-refractivity contribution in [2.45, 2.75) is 26.3 Å². The van der Waals surface area contributed by atoms with Crippen molar-refractivity contribution >= 4 is 50.9 Å². The van der Waals surface area contributed by atoms with Crippen molar-refractivity contribution in [3.8, 4) is 0 Å². The second kappa shape index (κ2) is 8.27. The van der Waals surface area contributed by atoms with E-state index in [0.717, 1.165) is 20.7 Å². The van der Waals surface area contributed by atoms with Crippen LogP contribution in [0.1, 0.15) is 28.8 Å². The van der Waals surface area contributed by atoms with Crippen LogP contribution in [0.3, 0.4) is 0 Å². The number of hydrogen-bond acceptors (Lipinski definition) is 6. The number of carbonyl (C=O) groups is 4. The smallest absolute Gasteiger partial charge is 0.325 e. The molecule has 8 nitrogen and oxygen atoms in total. The van der Waals surface area contributed by atoms with Gasteiger partial charge in [0, 0.05) is 18.4 Å². The summed E-state index contributed by atoms with van der Waals surface area (Å²) >= 11 is 1.31. The fraction of sp³-hybridized carbons (Fsp3) is 0.227. The van der Waals surface area contributed by atoms with Gasteiger partial charge in [0.2, 0.25) is 11.8 Å². The van der Waals surface area contributed by atoms with Crippen molar-refractivity contribution in [2.75, 3.05) is 12.0 Å². The number of amides is 3. The Kier molecular flexibility index (Phi) is 5.51. The summed E-state index contributed by atoms with van der Waals surface area (Å²) in [5.41, 5.74) is 2.58. The van der Waals surface area contributed by atoms with Gasteiger partial charge in [0.1, 0.15) is 6.54 Å². The maximum Gasteiger partial charge on any atom is 0.325 e. The lowest BCUT2D eigenvalue weighted by Gasteiger charge is -2.13. The molecule has 0 N–H and O–H groups in total. The third-order valence-electron chi connectivity index (χ3n) is 4.97. The maximum atomic E-state index is 12.8. The molecule has 0 spiro atoms. The van der Waals surface area contributed by atoms with Crippen LogP contribution in [0.25, 0.3) is 10.2 Å². The van der Waals surface area contributed by atoms with E-state index in [1.807, 2.05) is 25.1 Å². The number of thiazole rings is 1. The second-order valence-electron chi connectivity index (χ2n) is 7.10. The number of hydrogen-bond donors (Lipinski definition) is 0. The lowest BCUT2D eigenvalue weighted by Crippen LogP contribution is -2.28. The van der Waals surface area contributed by atoms with Crippen molar-refractivity contribution < 1.29 is 23.9 Å². The molecule has 1 fully saturated rings. The summed E-state index contributed by atoms with van der Waals surface area (Å²) in [5, 5.41) is 0. The lowest BCUT2D eigenvalue weighted by molar-refractivity contribution is -0.141. The normalized spacial score (nSPS) is 14.5. The van der Waals surface area contributed by atoms with Crippen LogP contribution in [0.2, 0.25) is 0 Å². The molecule has 1 aliphatic rings. The van der Waals surface area contributed by atoms with Crippen LogP contribution in [0, 0.1) is 6.92 Å². The molecular formula is C22H19N3O5S. The van der Waals surface area contributed by atoms with Crippen LogP contribution in [0.4, 0.5) is 5.69 Å². The van der Waals surface area contributed by atoms with Gasteiger partial charge in [-0.05, 0) is 48.9 Å². The summed E-state index contributed by atoms with van der Waals surface area (Å²) in [7, 11) is 1.31. The molecule has 2 heterocycles. The first kappa shape index (κ1) is 20.7. The van der Waals surface area contributed by atoms with Gasteiger partial charge in [0.25, 0.3) is 5.91 Å². The van der Waals surface area contributed by atoms with Gasteiger partial charge < -0.3 is 9.30 Å². The summed E-state index contributed by atoms with van der Waals surface area (Å²) in [6.07, 6.45) is 0.390. The number of esters is 1. The van der Waals surface area contributed by atoms with E-state index in [0.29, 0.717) is 16.1 Å². The van der Waals surface area contributed by atoms with E-state index in [2.05, 4.69) is 4.99 Å². The van der Waals surface area contributed by atoms with Crippen LogP contribution < -0.4 is 9.70 Å². The Morgan fingerprint density at radius 3 is 2.39 bits per heavy atom. The van der Waals surface area contributed by atoms with Gasteiger partial charge in [-0.25, -0.2) is 0 Å². The average molecular weight is 437 g/mol. The molecular weight excluding hydrogens is 418 g/mol. The second-order valence-corrected chi connectivity index (χ2v) is 8.11. The van der Waals surface area contributed by atoms with Crippen molar-refractivity contribution in [1.29, 1.82) is 0 Å². The molecule has 0 unspecified atom stereocenters. The third-order valence-corrected chi connectivity index (χ3v) is 6.02. The highest BCUT2D eigenvalue weighted by Gasteiger charge is 2.30. The summed E-state index contributed by atoms with van der Waals surface area (Å²) in [6, 6.07) is 11.9. The molecule has 0 atom stereocenters. The van der Waals surface area contributed by atoms with E-state index in [1.165, 1.54) is 30.6 Å². The lowest BCUT2D eigenvalue weighted by atomic mass is 10.2. The summed E-state index contributed by atoms with van der Waals surface area (Å²) in [6.45, 7) is 1.90. The van der Waals surface area contributed by atoms with Gasteiger partial charge in [0.05, 0.1) is 23.0 Å². The van der Waals surface area contributed by atoms with Crippen LogP contribution >= 0.6 is 11.3 Å². The number of aromatic nitrogens is 1. The fourth-order valence-corrected chi connectivity index (χ4v) is 4.51. The SMILES string of the molecule is COC(=O)Cn1c(=NC(=O)c2ccc(N3C(=O)CCC3=O)cc2)sc2cc(C)ccc21. The van der Waals surface area contributed by atoms with Crippen molar-refractivity contribution in [3.05, 3.63) is 58.4 Å². The molecule has 1 aliphatic heterocycles. The predicted octanol–water partition coefficient (Wildman–Crippen LogP) is 2.58. The number of benzene rings is 2. The molecule has 1 saturated heterocycles. The molecule has 0 aliphatic carbocycles. The quantitative estimate of drug-likeness (QED) is 0.462. The zero-order chi connectivity index (χ0) is 22.1. The molecule has 4 rings (SSSR count). The number of anilines is 1. The first-order valence-corrected chi connectivity index (χ1v) is 10.4. The number of ether oxygens (including phenoxy) is 1. The van der Waals surface area contributed by atoms with Gasteiger partial charge in [-0.1, -0.05) is 17.4 Å². The van der Waals surface area contributed by atoms with Gasteiger partial charge in [-0.15, -0.1) is 0 Å². The van der Waals surface area contributed by atoms with E-state index in [9.17, 15) is 19.2 Å². The Balaban J connectivity index is 1.70. The number of nitrogens with zero attached hydrogens (tertiary/aromatic N) is 3. The molecule has 9 heteroatoms. The third kappa shape index (κ3) is 4.04. The topological polar surface area (TPSA) is 98.0 Å². The molecule has 3 aromatic rings. The number of aryl methyl sites for hydroxylation is 1.